The van der Waals surface area contributed by atoms with Crippen LogP contribution in [0, 0.1) is 0 Å². The van der Waals surface area contributed by atoms with Crippen molar-refractivity contribution >= 4 is 11.6 Å². The molecule has 26 heavy (non-hydrogen) atoms. The number of carbonyl (C=O) groups is 1. The molecule has 0 saturated carbocycles. The Kier molecular flexibility index (Phi) is 5.24. The second-order valence-corrected chi connectivity index (χ2v) is 5.77. The van der Waals surface area contributed by atoms with E-state index in [0.29, 0.717) is 31.7 Å². The van der Waals surface area contributed by atoms with Crippen molar-refractivity contribution < 1.29 is 22.7 Å². The third-order valence-electron chi connectivity index (χ3n) is 3.96. The molecule has 9 heteroatoms. The van der Waals surface area contributed by atoms with Crippen LogP contribution in [0.25, 0.3) is 0 Å². The van der Waals surface area contributed by atoms with Crippen molar-refractivity contribution in [1.82, 2.24) is 14.9 Å². The van der Waals surface area contributed by atoms with Gasteiger partial charge in [0, 0.05) is 56.5 Å². The monoisotopic (exact) mass is 366 g/mol. The molecule has 0 N–H and O–H groups in total. The van der Waals surface area contributed by atoms with Crippen LogP contribution in [-0.2, 0) is 0 Å². The summed E-state index contributed by atoms with van der Waals surface area (Å²) in [6.07, 6.45) is 0.260. The number of carbonyl (C=O) groups excluding carboxylic acids is 1. The molecular formula is C17H17F3N4O2. The molecule has 0 atom stereocenters. The van der Waals surface area contributed by atoms with E-state index in [4.69, 9.17) is 0 Å². The van der Waals surface area contributed by atoms with Gasteiger partial charge in [0.15, 0.2) is 6.61 Å². The van der Waals surface area contributed by atoms with Crippen LogP contribution >= 0.6 is 0 Å². The number of hydrogen-bond donors (Lipinski definition) is 0. The highest BCUT2D eigenvalue weighted by Gasteiger charge is 2.29. The van der Waals surface area contributed by atoms with Crippen LogP contribution in [0.3, 0.4) is 0 Å². The molecule has 2 aromatic rings. The quantitative estimate of drug-likeness (QED) is 0.832. The standard InChI is InChI=1S/C17H17F3N4O2/c18-17(19,20)12-26-15-2-1-13(11-22-15)16(25)24-9-7-23(8-10-24)14-3-5-21-6-4-14/h1-6,11H,7-10,12H2. The van der Waals surface area contributed by atoms with Crippen LogP contribution < -0.4 is 9.64 Å². The largest absolute Gasteiger partial charge is 0.468 e. The first-order valence-electron chi connectivity index (χ1n) is 8.02. The Morgan fingerprint density at radius 2 is 1.77 bits per heavy atom. The van der Waals surface area contributed by atoms with Crippen molar-refractivity contribution in [2.75, 3.05) is 37.7 Å². The second kappa shape index (κ2) is 7.59. The van der Waals surface area contributed by atoms with Crippen LogP contribution in [0.5, 0.6) is 5.88 Å². The van der Waals surface area contributed by atoms with Gasteiger partial charge in [-0.2, -0.15) is 13.2 Å². The smallest absolute Gasteiger partial charge is 0.422 e. The number of nitrogens with zero attached hydrogens (tertiary/aromatic N) is 4. The minimum Gasteiger partial charge on any atom is -0.468 e. The lowest BCUT2D eigenvalue weighted by Crippen LogP contribution is -2.48. The number of halogens is 3. The summed E-state index contributed by atoms with van der Waals surface area (Å²) < 4.78 is 40.9. The molecule has 3 heterocycles. The van der Waals surface area contributed by atoms with Gasteiger partial charge in [-0.1, -0.05) is 0 Å². The molecule has 1 fully saturated rings. The van der Waals surface area contributed by atoms with Crippen LogP contribution in [0.15, 0.2) is 42.9 Å². The number of hydrogen-bond acceptors (Lipinski definition) is 5. The van der Waals surface area contributed by atoms with E-state index in [1.165, 1.54) is 18.3 Å². The third-order valence-corrected chi connectivity index (χ3v) is 3.96. The fourth-order valence-electron chi connectivity index (χ4n) is 2.65. The van der Waals surface area contributed by atoms with Gasteiger partial charge in [-0.25, -0.2) is 4.98 Å². The fraction of sp³-hybridized carbons (Fsp3) is 0.353. The number of piperazine rings is 1. The zero-order valence-corrected chi connectivity index (χ0v) is 13.8. The van der Waals surface area contributed by atoms with E-state index in [9.17, 15) is 18.0 Å². The van der Waals surface area contributed by atoms with E-state index >= 15 is 0 Å². The zero-order chi connectivity index (χ0) is 18.6. The molecule has 1 aliphatic heterocycles. The van der Waals surface area contributed by atoms with Crippen LogP contribution in [-0.4, -0.2) is 59.7 Å². The molecule has 3 rings (SSSR count). The lowest BCUT2D eigenvalue weighted by Gasteiger charge is -2.36. The number of aromatic nitrogens is 2. The van der Waals surface area contributed by atoms with Crippen molar-refractivity contribution in [2.24, 2.45) is 0 Å². The highest BCUT2D eigenvalue weighted by Crippen LogP contribution is 2.19. The Hall–Kier alpha value is -2.84. The Morgan fingerprint density at radius 3 is 2.35 bits per heavy atom. The maximum atomic E-state index is 12.5. The number of pyridine rings is 2. The lowest BCUT2D eigenvalue weighted by atomic mass is 10.2. The molecule has 0 bridgehead atoms. The summed E-state index contributed by atoms with van der Waals surface area (Å²) in [7, 11) is 0. The van der Waals surface area contributed by atoms with Crippen LogP contribution in [0.1, 0.15) is 10.4 Å². The second-order valence-electron chi connectivity index (χ2n) is 5.77. The minimum absolute atomic E-state index is 0.165. The Labute approximate surface area is 148 Å². The van der Waals surface area contributed by atoms with Crippen molar-refractivity contribution in [2.45, 2.75) is 6.18 Å². The molecule has 6 nitrogen and oxygen atoms in total. The first-order chi connectivity index (χ1) is 12.4. The van der Waals surface area contributed by atoms with Crippen molar-refractivity contribution in [1.29, 1.82) is 0 Å². The topological polar surface area (TPSA) is 58.6 Å². The average molecular weight is 366 g/mol. The van der Waals surface area contributed by atoms with Gasteiger partial charge in [-0.05, 0) is 18.2 Å². The lowest BCUT2D eigenvalue weighted by molar-refractivity contribution is -0.154. The normalized spacial score (nSPS) is 15.0. The van der Waals surface area contributed by atoms with Gasteiger partial charge < -0.3 is 14.5 Å². The van der Waals surface area contributed by atoms with Gasteiger partial charge in [0.1, 0.15) is 0 Å². The number of amides is 1. The summed E-state index contributed by atoms with van der Waals surface area (Å²) in [6, 6.07) is 6.53. The van der Waals surface area contributed by atoms with Crippen molar-refractivity contribution in [3.8, 4) is 5.88 Å². The average Bonchev–Trinajstić information content (AvgIpc) is 2.66. The molecule has 0 aliphatic carbocycles. The van der Waals surface area contributed by atoms with Gasteiger partial charge in [-0.15, -0.1) is 0 Å². The van der Waals surface area contributed by atoms with Crippen LogP contribution in [0.2, 0.25) is 0 Å². The summed E-state index contributed by atoms with van der Waals surface area (Å²) in [5, 5.41) is 0. The van der Waals surface area contributed by atoms with E-state index in [1.807, 2.05) is 12.1 Å². The predicted octanol–water partition coefficient (Wildman–Crippen LogP) is 2.38. The molecule has 0 unspecified atom stereocenters. The number of rotatable bonds is 4. The van der Waals surface area contributed by atoms with E-state index in [1.54, 1.807) is 17.3 Å². The number of alkyl halides is 3. The SMILES string of the molecule is O=C(c1ccc(OCC(F)(F)F)nc1)N1CCN(c2ccncc2)CC1. The molecule has 1 amide bonds. The first-order valence-corrected chi connectivity index (χ1v) is 8.02. The zero-order valence-electron chi connectivity index (χ0n) is 13.8. The molecule has 2 aromatic heterocycles. The molecule has 1 aliphatic rings. The number of anilines is 1. The molecule has 0 radical (unpaired) electrons. The maximum Gasteiger partial charge on any atom is 0.422 e. The van der Waals surface area contributed by atoms with E-state index in [2.05, 4.69) is 19.6 Å². The summed E-state index contributed by atoms with van der Waals surface area (Å²) in [4.78, 5) is 24.1. The fourth-order valence-corrected chi connectivity index (χ4v) is 2.65. The minimum atomic E-state index is -4.43. The summed E-state index contributed by atoms with van der Waals surface area (Å²) in [6.45, 7) is 1.07. The van der Waals surface area contributed by atoms with Gasteiger partial charge in [-0.3, -0.25) is 9.78 Å². The summed E-state index contributed by atoms with van der Waals surface area (Å²) >= 11 is 0. The maximum absolute atomic E-state index is 12.5. The van der Waals surface area contributed by atoms with Crippen molar-refractivity contribution in [3.05, 3.63) is 48.4 Å². The van der Waals surface area contributed by atoms with E-state index in [-0.39, 0.29) is 11.8 Å². The molecule has 138 valence electrons. The molecular weight excluding hydrogens is 349 g/mol. The predicted molar refractivity (Wildman–Crippen MR) is 88.1 cm³/mol. The van der Waals surface area contributed by atoms with E-state index < -0.39 is 12.8 Å². The van der Waals surface area contributed by atoms with Crippen molar-refractivity contribution in [3.63, 3.8) is 0 Å². The van der Waals surface area contributed by atoms with Crippen LogP contribution in [0.4, 0.5) is 18.9 Å². The summed E-state index contributed by atoms with van der Waals surface area (Å²) in [5.41, 5.74) is 1.38. The Bertz CT molecular complexity index is 730. The third kappa shape index (κ3) is 4.62. The van der Waals surface area contributed by atoms with Gasteiger partial charge in [0.05, 0.1) is 5.56 Å². The molecule has 1 saturated heterocycles. The first kappa shape index (κ1) is 18.0. The molecule has 0 spiro atoms. The van der Waals surface area contributed by atoms with E-state index in [0.717, 1.165) is 5.69 Å². The van der Waals surface area contributed by atoms with Gasteiger partial charge in [0.25, 0.3) is 5.91 Å². The Balaban J connectivity index is 1.55. The highest BCUT2D eigenvalue weighted by molar-refractivity contribution is 5.94. The Morgan fingerprint density at radius 1 is 1.08 bits per heavy atom. The highest BCUT2D eigenvalue weighted by atomic mass is 19.4. The van der Waals surface area contributed by atoms with Gasteiger partial charge in [0.2, 0.25) is 5.88 Å². The molecule has 0 aromatic carbocycles. The number of ether oxygens (including phenoxy) is 1. The van der Waals surface area contributed by atoms with Gasteiger partial charge >= 0.3 is 6.18 Å². The summed E-state index contributed by atoms with van der Waals surface area (Å²) in [5.74, 6) is -0.365.